The number of pyridine rings is 1. The van der Waals surface area contributed by atoms with Crippen LogP contribution >= 0.6 is 23.4 Å². The van der Waals surface area contributed by atoms with Crippen LogP contribution < -0.4 is 10.6 Å². The third-order valence-corrected chi connectivity index (χ3v) is 11.8. The van der Waals surface area contributed by atoms with Gasteiger partial charge in [-0.1, -0.05) is 11.6 Å². The third-order valence-electron chi connectivity index (χ3n) is 9.54. The average Bonchev–Trinajstić information content (AvgIpc) is 2.93. The zero-order valence-corrected chi connectivity index (χ0v) is 23.4. The van der Waals surface area contributed by atoms with Crippen molar-refractivity contribution in [2.75, 3.05) is 23.8 Å². The number of nitrogens with one attached hydrogen (secondary N) is 2. The van der Waals surface area contributed by atoms with Crippen molar-refractivity contribution in [2.24, 2.45) is 29.1 Å². The van der Waals surface area contributed by atoms with E-state index >= 15 is 0 Å². The van der Waals surface area contributed by atoms with Gasteiger partial charge in [0.15, 0.2) is 0 Å². The van der Waals surface area contributed by atoms with Crippen molar-refractivity contribution in [3.05, 3.63) is 40.8 Å². The number of halogens is 1. The molecule has 0 radical (unpaired) electrons. The summed E-state index contributed by atoms with van der Waals surface area (Å²) in [4.78, 5) is 13.1. The molecule has 7 rings (SSSR count). The normalized spacial score (nSPS) is 33.6. The fraction of sp³-hybridized carbons (Fsp3) is 0.655. The Bertz CT molecular complexity index is 1170. The SMILES string of the molecule is N#Cc1cnc(NCc2cnccc2Cl)nc1NCC12CC3CC(C1)C(SC1CCC(CO)CC1)C(C3)C2. The Kier molecular flexibility index (Phi) is 7.70. The number of nitrogens with zero attached hydrogens (tertiary/aromatic N) is 4. The fourth-order valence-electron chi connectivity index (χ4n) is 7.93. The highest BCUT2D eigenvalue weighted by molar-refractivity contribution is 8.00. The minimum absolute atomic E-state index is 0.302. The summed E-state index contributed by atoms with van der Waals surface area (Å²) in [6, 6.07) is 4.02. The van der Waals surface area contributed by atoms with E-state index in [1.54, 1.807) is 24.7 Å². The number of aliphatic hydroxyl groups excluding tert-OH is 1. The molecule has 0 aliphatic heterocycles. The van der Waals surface area contributed by atoms with Crippen LogP contribution in [0.3, 0.4) is 0 Å². The molecule has 38 heavy (non-hydrogen) atoms. The molecule has 2 aromatic heterocycles. The Labute approximate surface area is 234 Å². The van der Waals surface area contributed by atoms with Gasteiger partial charge in [-0.2, -0.15) is 22.0 Å². The van der Waals surface area contributed by atoms with Crippen molar-refractivity contribution in [3.8, 4) is 6.07 Å². The second-order valence-corrected chi connectivity index (χ2v) is 14.0. The molecule has 5 aliphatic carbocycles. The van der Waals surface area contributed by atoms with Crippen LogP contribution in [0.15, 0.2) is 24.7 Å². The standard InChI is InChI=1S/C29H37ClN6OS/c30-25-5-6-32-13-23(25)15-34-28-33-14-22(12-31)27(36-28)35-17-29-9-19-7-20(10-29)26(21(8-19)11-29)38-24-3-1-18(16-37)2-4-24/h5-6,13-14,18-21,24,26,37H,1-4,7-11,15-17H2,(H2,33,34,35,36). The molecule has 2 unspecified atom stereocenters. The lowest BCUT2D eigenvalue weighted by Crippen LogP contribution is -2.55. The Balaban J connectivity index is 1.09. The zero-order chi connectivity index (χ0) is 26.1. The minimum Gasteiger partial charge on any atom is -0.396 e. The van der Waals surface area contributed by atoms with Gasteiger partial charge in [0.25, 0.3) is 0 Å². The molecule has 4 bridgehead atoms. The average molecular weight is 553 g/mol. The summed E-state index contributed by atoms with van der Waals surface area (Å²) in [6.07, 6.45) is 16.6. The van der Waals surface area contributed by atoms with Crippen LogP contribution in [0.4, 0.5) is 11.8 Å². The van der Waals surface area contributed by atoms with Gasteiger partial charge >= 0.3 is 0 Å². The molecular weight excluding hydrogens is 516 g/mol. The van der Waals surface area contributed by atoms with Crippen LogP contribution in [0, 0.1) is 40.4 Å². The van der Waals surface area contributed by atoms with Crippen LogP contribution in [0.5, 0.6) is 0 Å². The van der Waals surface area contributed by atoms with Crippen molar-refractivity contribution >= 4 is 35.1 Å². The number of thioether (sulfide) groups is 1. The highest BCUT2D eigenvalue weighted by Gasteiger charge is 2.55. The summed E-state index contributed by atoms with van der Waals surface area (Å²) >= 11 is 8.57. The largest absolute Gasteiger partial charge is 0.396 e. The Morgan fingerprint density at radius 2 is 1.89 bits per heavy atom. The van der Waals surface area contributed by atoms with E-state index in [2.05, 4.69) is 43.4 Å². The maximum Gasteiger partial charge on any atom is 0.224 e. The topological polar surface area (TPSA) is 107 Å². The summed E-state index contributed by atoms with van der Waals surface area (Å²) in [5.74, 6) is 4.09. The van der Waals surface area contributed by atoms with Gasteiger partial charge in [-0.3, -0.25) is 4.98 Å². The molecule has 5 saturated carbocycles. The molecule has 2 aromatic rings. The van der Waals surface area contributed by atoms with Gasteiger partial charge in [-0.05, 0) is 92.9 Å². The van der Waals surface area contributed by atoms with E-state index in [-0.39, 0.29) is 0 Å². The van der Waals surface area contributed by atoms with Crippen molar-refractivity contribution in [2.45, 2.75) is 74.8 Å². The van der Waals surface area contributed by atoms with E-state index in [0.717, 1.165) is 40.4 Å². The van der Waals surface area contributed by atoms with Crippen molar-refractivity contribution in [1.29, 1.82) is 5.26 Å². The van der Waals surface area contributed by atoms with E-state index in [0.29, 0.717) is 46.8 Å². The first-order valence-corrected chi connectivity index (χ1v) is 15.5. The van der Waals surface area contributed by atoms with Gasteiger partial charge in [-0.15, -0.1) is 0 Å². The first-order valence-electron chi connectivity index (χ1n) is 14.1. The molecule has 7 nitrogen and oxygen atoms in total. The monoisotopic (exact) mass is 552 g/mol. The van der Waals surface area contributed by atoms with Crippen LogP contribution in [0.1, 0.15) is 68.9 Å². The molecule has 2 heterocycles. The zero-order valence-electron chi connectivity index (χ0n) is 21.8. The quantitative estimate of drug-likeness (QED) is 0.353. The molecule has 0 saturated heterocycles. The van der Waals surface area contributed by atoms with Crippen LogP contribution in [-0.2, 0) is 6.54 Å². The molecule has 5 fully saturated rings. The highest BCUT2D eigenvalue weighted by atomic mass is 35.5. The summed E-state index contributed by atoms with van der Waals surface area (Å²) in [5.41, 5.74) is 1.65. The Hall–Kier alpha value is -2.08. The van der Waals surface area contributed by atoms with Crippen LogP contribution in [0.25, 0.3) is 0 Å². The van der Waals surface area contributed by atoms with E-state index in [1.165, 1.54) is 57.8 Å². The Morgan fingerprint density at radius 1 is 1.11 bits per heavy atom. The predicted molar refractivity (Wildman–Crippen MR) is 152 cm³/mol. The molecule has 3 N–H and O–H groups in total. The number of rotatable bonds is 9. The maximum absolute atomic E-state index is 9.70. The minimum atomic E-state index is 0.302. The van der Waals surface area contributed by atoms with E-state index in [4.69, 9.17) is 11.6 Å². The molecule has 2 atom stereocenters. The summed E-state index contributed by atoms with van der Waals surface area (Å²) in [7, 11) is 0. The van der Waals surface area contributed by atoms with E-state index in [1.807, 2.05) is 0 Å². The molecule has 0 amide bonds. The lowest BCUT2D eigenvalue weighted by atomic mass is 9.49. The molecular formula is C29H37ClN6OS. The van der Waals surface area contributed by atoms with E-state index < -0.39 is 0 Å². The molecule has 5 aliphatic rings. The maximum atomic E-state index is 9.70. The molecule has 0 aromatic carbocycles. The van der Waals surface area contributed by atoms with Crippen molar-refractivity contribution < 1.29 is 5.11 Å². The number of aromatic nitrogens is 3. The smallest absolute Gasteiger partial charge is 0.224 e. The predicted octanol–water partition coefficient (Wildman–Crippen LogP) is 5.90. The number of anilines is 2. The van der Waals surface area contributed by atoms with Gasteiger partial charge in [0, 0.05) is 53.2 Å². The lowest BCUT2D eigenvalue weighted by Gasteiger charge is -2.60. The summed E-state index contributed by atoms with van der Waals surface area (Å²) < 4.78 is 0. The van der Waals surface area contributed by atoms with Crippen LogP contribution in [0.2, 0.25) is 5.02 Å². The fourth-order valence-corrected chi connectivity index (χ4v) is 9.95. The number of hydrogen-bond donors (Lipinski definition) is 3. The van der Waals surface area contributed by atoms with Crippen LogP contribution in [-0.4, -0.2) is 43.7 Å². The van der Waals surface area contributed by atoms with Gasteiger partial charge in [-0.25, -0.2) is 4.98 Å². The van der Waals surface area contributed by atoms with Crippen molar-refractivity contribution in [3.63, 3.8) is 0 Å². The van der Waals surface area contributed by atoms with Gasteiger partial charge in [0.1, 0.15) is 17.5 Å². The Morgan fingerprint density at radius 3 is 2.61 bits per heavy atom. The first kappa shape index (κ1) is 26.2. The summed E-state index contributed by atoms with van der Waals surface area (Å²) in [6.45, 7) is 1.70. The number of aliphatic hydroxyl groups is 1. The lowest BCUT2D eigenvalue weighted by molar-refractivity contribution is -0.0390. The van der Waals surface area contributed by atoms with Gasteiger partial charge < -0.3 is 15.7 Å². The van der Waals surface area contributed by atoms with Gasteiger partial charge in [0.2, 0.25) is 5.95 Å². The summed E-state index contributed by atoms with van der Waals surface area (Å²) in [5, 5.41) is 28.3. The highest BCUT2D eigenvalue weighted by Crippen LogP contribution is 2.63. The second kappa shape index (κ2) is 11.2. The number of nitriles is 1. The third kappa shape index (κ3) is 5.48. The first-order chi connectivity index (χ1) is 18.5. The molecule has 9 heteroatoms. The van der Waals surface area contributed by atoms with E-state index in [9.17, 15) is 10.4 Å². The van der Waals surface area contributed by atoms with Crippen molar-refractivity contribution in [1.82, 2.24) is 15.0 Å². The molecule has 0 spiro atoms. The second-order valence-electron chi connectivity index (χ2n) is 12.1. The number of hydrogen-bond acceptors (Lipinski definition) is 8. The molecule has 202 valence electrons. The van der Waals surface area contributed by atoms with Gasteiger partial charge in [0.05, 0.1) is 6.20 Å².